The normalized spacial score (nSPS) is 13.3. The smallest absolute Gasteiger partial charge is 0.280 e. The van der Waals surface area contributed by atoms with E-state index in [0.717, 1.165) is 22.6 Å². The van der Waals surface area contributed by atoms with E-state index >= 15 is 0 Å². The Balaban J connectivity index is 1.81. The second kappa shape index (κ2) is 7.19. The molecule has 0 aliphatic carbocycles. The van der Waals surface area contributed by atoms with Gasteiger partial charge in [-0.1, -0.05) is 24.3 Å². The summed E-state index contributed by atoms with van der Waals surface area (Å²) in [5.41, 5.74) is 3.73. The fraction of sp³-hybridized carbons (Fsp3) is 0.235. The zero-order chi connectivity index (χ0) is 17.1. The molecule has 0 radical (unpaired) electrons. The fourth-order valence-corrected chi connectivity index (χ4v) is 3.32. The minimum Gasteiger partial charge on any atom is -0.361 e. The van der Waals surface area contributed by atoms with Crippen molar-refractivity contribution >= 4 is 51.7 Å². The molecule has 124 valence electrons. The Kier molecular flexibility index (Phi) is 5.01. The molecule has 2 aromatic rings. The molecule has 0 saturated heterocycles. The Morgan fingerprint density at radius 3 is 2.33 bits per heavy atom. The van der Waals surface area contributed by atoms with Crippen LogP contribution in [0.15, 0.2) is 36.4 Å². The van der Waals surface area contributed by atoms with Crippen molar-refractivity contribution < 1.29 is 9.59 Å². The van der Waals surface area contributed by atoms with E-state index in [1.165, 1.54) is 0 Å². The van der Waals surface area contributed by atoms with Crippen molar-refractivity contribution in [1.29, 1.82) is 0 Å². The molecule has 0 aromatic heterocycles. The Hall–Kier alpha value is -2.12. The first kappa shape index (κ1) is 16.7. The Bertz CT molecular complexity index is 772. The molecule has 0 fully saturated rings. The highest BCUT2D eigenvalue weighted by Gasteiger charge is 2.33. The van der Waals surface area contributed by atoms with Gasteiger partial charge in [0.1, 0.15) is 0 Å². The van der Waals surface area contributed by atoms with Gasteiger partial charge in [0.2, 0.25) is 0 Å². The quantitative estimate of drug-likeness (QED) is 0.486. The number of hydrogen-bond acceptors (Lipinski definition) is 4. The zero-order valence-electron chi connectivity index (χ0n) is 13.2. The minimum atomic E-state index is -0.391. The highest BCUT2D eigenvalue weighted by molar-refractivity contribution is 7.98. The third kappa shape index (κ3) is 3.09. The predicted molar refractivity (Wildman–Crippen MR) is 101 cm³/mol. The van der Waals surface area contributed by atoms with Crippen LogP contribution in [0.5, 0.6) is 0 Å². The van der Waals surface area contributed by atoms with Crippen LogP contribution in [0.1, 0.15) is 27.1 Å². The summed E-state index contributed by atoms with van der Waals surface area (Å²) in [7, 11) is 0. The van der Waals surface area contributed by atoms with E-state index in [4.69, 9.17) is 12.2 Å². The van der Waals surface area contributed by atoms with Gasteiger partial charge in [-0.15, -0.1) is 0 Å². The lowest BCUT2D eigenvalue weighted by Crippen LogP contribution is -2.54. The van der Waals surface area contributed by atoms with Gasteiger partial charge in [0.15, 0.2) is 5.11 Å². The number of carbonyl (C=O) groups is 2. The monoisotopic (exact) mass is 359 g/mol. The minimum absolute atomic E-state index is 0.268. The molecule has 24 heavy (non-hydrogen) atoms. The van der Waals surface area contributed by atoms with E-state index in [2.05, 4.69) is 10.7 Å². The van der Waals surface area contributed by atoms with Crippen molar-refractivity contribution in [2.24, 2.45) is 0 Å². The van der Waals surface area contributed by atoms with Crippen molar-refractivity contribution in [2.45, 2.75) is 6.42 Å². The number of carbonyl (C=O) groups excluding carboxylic acids is 2. The van der Waals surface area contributed by atoms with Gasteiger partial charge < -0.3 is 5.32 Å². The van der Waals surface area contributed by atoms with Gasteiger partial charge in [-0.3, -0.25) is 15.0 Å². The van der Waals surface area contributed by atoms with Gasteiger partial charge >= 0.3 is 0 Å². The molecule has 0 atom stereocenters. The third-order valence-electron chi connectivity index (χ3n) is 3.80. The van der Waals surface area contributed by atoms with E-state index in [0.29, 0.717) is 23.1 Å². The van der Waals surface area contributed by atoms with Gasteiger partial charge in [-0.05, 0) is 48.2 Å². The van der Waals surface area contributed by atoms with Crippen LogP contribution >= 0.6 is 24.0 Å². The van der Waals surface area contributed by atoms with Gasteiger partial charge in [-0.2, -0.15) is 16.8 Å². The van der Waals surface area contributed by atoms with Crippen molar-refractivity contribution in [3.8, 4) is 0 Å². The molecular weight excluding hydrogens is 342 g/mol. The molecule has 2 amide bonds. The number of thiocarbonyl (C=S) groups is 1. The topological polar surface area (TPSA) is 61.4 Å². The van der Waals surface area contributed by atoms with Crippen LogP contribution in [0.2, 0.25) is 0 Å². The molecule has 5 nitrogen and oxygen atoms in total. The maximum absolute atomic E-state index is 12.7. The van der Waals surface area contributed by atoms with Crippen LogP contribution in [0, 0.1) is 0 Å². The number of nitrogens with zero attached hydrogens (tertiary/aromatic N) is 1. The molecule has 1 aliphatic heterocycles. The molecule has 1 heterocycles. The van der Waals surface area contributed by atoms with E-state index < -0.39 is 11.8 Å². The third-order valence-corrected chi connectivity index (χ3v) is 4.73. The Morgan fingerprint density at radius 1 is 1.12 bits per heavy atom. The van der Waals surface area contributed by atoms with Gasteiger partial charge in [0.25, 0.3) is 11.8 Å². The van der Waals surface area contributed by atoms with E-state index in [1.807, 2.05) is 30.5 Å². The average molecular weight is 359 g/mol. The number of thioether (sulfide) groups is 1. The molecule has 0 spiro atoms. The molecule has 7 heteroatoms. The first-order chi connectivity index (χ1) is 11.6. The lowest BCUT2D eigenvalue weighted by atomic mass is 9.95. The van der Waals surface area contributed by atoms with Crippen LogP contribution in [0.4, 0.5) is 0 Å². The van der Waals surface area contributed by atoms with Gasteiger partial charge in [0.05, 0.1) is 11.1 Å². The van der Waals surface area contributed by atoms with Crippen molar-refractivity contribution in [3.05, 3.63) is 47.5 Å². The highest BCUT2D eigenvalue weighted by Crippen LogP contribution is 2.29. The maximum atomic E-state index is 12.7. The highest BCUT2D eigenvalue weighted by atomic mass is 32.2. The first-order valence-electron chi connectivity index (χ1n) is 7.57. The van der Waals surface area contributed by atoms with Crippen LogP contribution in [0.25, 0.3) is 10.8 Å². The van der Waals surface area contributed by atoms with Crippen LogP contribution in [-0.4, -0.2) is 40.5 Å². The van der Waals surface area contributed by atoms with Gasteiger partial charge in [-0.25, -0.2) is 0 Å². The number of imide groups is 1. The second-order valence-corrected chi connectivity index (χ2v) is 6.76. The summed E-state index contributed by atoms with van der Waals surface area (Å²) in [6.45, 7) is 0.690. The van der Waals surface area contributed by atoms with E-state index in [-0.39, 0.29) is 5.11 Å². The Labute approximate surface area is 149 Å². The molecular formula is C17H17N3O2S2. The van der Waals surface area contributed by atoms with Crippen molar-refractivity contribution in [2.75, 3.05) is 18.6 Å². The first-order valence-corrected chi connectivity index (χ1v) is 9.37. The number of nitrogens with one attached hydrogen (secondary N) is 2. The van der Waals surface area contributed by atoms with Crippen molar-refractivity contribution in [3.63, 3.8) is 0 Å². The molecule has 0 unspecified atom stereocenters. The number of amides is 2. The molecule has 2 N–H and O–H groups in total. The largest absolute Gasteiger partial charge is 0.361 e. The summed E-state index contributed by atoms with van der Waals surface area (Å²) in [6.07, 6.45) is 2.99. The standard InChI is InChI=1S/C17H17N3O2S2/c1-24-10-4-9-18-17(23)19-20-15(21)12-7-2-5-11-6-3-8-13(14(11)12)16(20)22/h2-3,5-8H,4,9-10H2,1H3,(H2,18,19,23). The summed E-state index contributed by atoms with van der Waals surface area (Å²) in [5, 5.41) is 5.85. The maximum Gasteiger partial charge on any atom is 0.280 e. The summed E-state index contributed by atoms with van der Waals surface area (Å²) in [6, 6.07) is 10.9. The average Bonchev–Trinajstić information content (AvgIpc) is 2.60. The molecule has 0 bridgehead atoms. The molecule has 2 aromatic carbocycles. The van der Waals surface area contributed by atoms with Crippen molar-refractivity contribution in [1.82, 2.24) is 15.8 Å². The van der Waals surface area contributed by atoms with E-state index in [1.54, 1.807) is 23.9 Å². The summed E-state index contributed by atoms with van der Waals surface area (Å²) in [5.74, 6) is 0.238. The number of rotatable bonds is 5. The SMILES string of the molecule is CSCCCNC(=S)NN1C(=O)c2cccc3cccc(c23)C1=O. The summed E-state index contributed by atoms with van der Waals surface area (Å²) in [4.78, 5) is 25.4. The lowest BCUT2D eigenvalue weighted by Gasteiger charge is -2.28. The molecule has 3 rings (SSSR count). The summed E-state index contributed by atoms with van der Waals surface area (Å²) >= 11 is 6.95. The zero-order valence-corrected chi connectivity index (χ0v) is 14.8. The van der Waals surface area contributed by atoms with Crippen LogP contribution in [-0.2, 0) is 0 Å². The number of benzene rings is 2. The Morgan fingerprint density at radius 2 is 1.75 bits per heavy atom. The van der Waals surface area contributed by atoms with Crippen LogP contribution in [0.3, 0.4) is 0 Å². The van der Waals surface area contributed by atoms with E-state index in [9.17, 15) is 9.59 Å². The van der Waals surface area contributed by atoms with Crippen LogP contribution < -0.4 is 10.7 Å². The molecule has 1 aliphatic rings. The molecule has 0 saturated carbocycles. The number of hydrazine groups is 1. The van der Waals surface area contributed by atoms with Gasteiger partial charge in [0, 0.05) is 11.9 Å². The summed E-state index contributed by atoms with van der Waals surface area (Å²) < 4.78 is 0. The number of hydrogen-bond donors (Lipinski definition) is 2. The fourth-order valence-electron chi connectivity index (χ4n) is 2.69. The lowest BCUT2D eigenvalue weighted by molar-refractivity contribution is 0.0566. The second-order valence-electron chi connectivity index (χ2n) is 5.37. The predicted octanol–water partition coefficient (Wildman–Crippen LogP) is 2.57.